The van der Waals surface area contributed by atoms with Crippen LogP contribution in [0.1, 0.15) is 38.2 Å². The standard InChI is InChI=1S/C18H27N5O2/c1-4-14-11-19-17(20-12-14)22-9-7-18(8-10-22)6-5-15(24)23(18)13-16(25)21(2)3/h11-12H,4-10,13H2,1-3H3. The van der Waals surface area contributed by atoms with Crippen molar-refractivity contribution in [2.45, 2.75) is 44.6 Å². The van der Waals surface area contributed by atoms with Crippen LogP contribution in [0.4, 0.5) is 5.95 Å². The maximum Gasteiger partial charge on any atom is 0.241 e. The van der Waals surface area contributed by atoms with E-state index in [0.29, 0.717) is 6.42 Å². The van der Waals surface area contributed by atoms with E-state index in [9.17, 15) is 9.59 Å². The highest BCUT2D eigenvalue weighted by atomic mass is 16.2. The molecule has 2 aliphatic rings. The van der Waals surface area contributed by atoms with Gasteiger partial charge in [0.2, 0.25) is 17.8 Å². The van der Waals surface area contributed by atoms with Gasteiger partial charge in [-0.15, -0.1) is 0 Å². The number of hydrogen-bond acceptors (Lipinski definition) is 5. The molecule has 1 aromatic heterocycles. The summed E-state index contributed by atoms with van der Waals surface area (Å²) >= 11 is 0. The molecule has 2 amide bonds. The highest BCUT2D eigenvalue weighted by Gasteiger charge is 2.47. The van der Waals surface area contributed by atoms with Gasteiger partial charge in [-0.25, -0.2) is 9.97 Å². The molecule has 7 nitrogen and oxygen atoms in total. The van der Waals surface area contributed by atoms with E-state index in [0.717, 1.165) is 50.3 Å². The zero-order chi connectivity index (χ0) is 18.0. The SMILES string of the molecule is CCc1cnc(N2CCC3(CCC(=O)N3CC(=O)N(C)C)CC2)nc1. The lowest BCUT2D eigenvalue weighted by Crippen LogP contribution is -2.55. The van der Waals surface area contributed by atoms with Gasteiger partial charge in [0.05, 0.1) is 0 Å². The van der Waals surface area contributed by atoms with Gasteiger partial charge in [0.25, 0.3) is 0 Å². The largest absolute Gasteiger partial charge is 0.347 e. The van der Waals surface area contributed by atoms with E-state index < -0.39 is 0 Å². The van der Waals surface area contributed by atoms with Crippen LogP contribution in [0.25, 0.3) is 0 Å². The van der Waals surface area contributed by atoms with E-state index in [1.807, 2.05) is 17.3 Å². The zero-order valence-corrected chi connectivity index (χ0v) is 15.4. The van der Waals surface area contributed by atoms with E-state index in [1.165, 1.54) is 0 Å². The van der Waals surface area contributed by atoms with Crippen LogP contribution < -0.4 is 4.90 Å². The summed E-state index contributed by atoms with van der Waals surface area (Å²) in [5.41, 5.74) is 0.954. The number of rotatable bonds is 4. The lowest BCUT2D eigenvalue weighted by atomic mass is 9.85. The second kappa shape index (κ2) is 6.98. The number of hydrogen-bond donors (Lipinski definition) is 0. The molecular weight excluding hydrogens is 318 g/mol. The Labute approximate surface area is 149 Å². The van der Waals surface area contributed by atoms with Gasteiger partial charge in [0, 0.05) is 51.5 Å². The van der Waals surface area contributed by atoms with E-state index in [1.54, 1.807) is 19.0 Å². The molecular formula is C18H27N5O2. The highest BCUT2D eigenvalue weighted by Crippen LogP contribution is 2.39. The van der Waals surface area contributed by atoms with Crippen LogP contribution in [0.15, 0.2) is 12.4 Å². The van der Waals surface area contributed by atoms with Crippen LogP contribution in [-0.4, -0.2) is 70.9 Å². The van der Waals surface area contributed by atoms with Crippen molar-refractivity contribution in [3.05, 3.63) is 18.0 Å². The number of aryl methyl sites for hydroxylation is 1. The van der Waals surface area contributed by atoms with Crippen LogP contribution in [-0.2, 0) is 16.0 Å². The molecule has 1 spiro atoms. The summed E-state index contributed by atoms with van der Waals surface area (Å²) in [6.07, 6.45) is 7.80. The molecule has 7 heteroatoms. The van der Waals surface area contributed by atoms with E-state index >= 15 is 0 Å². The molecule has 25 heavy (non-hydrogen) atoms. The third-order valence-corrected chi connectivity index (χ3v) is 5.55. The third-order valence-electron chi connectivity index (χ3n) is 5.55. The number of likely N-dealkylation sites (tertiary alicyclic amines) is 1. The van der Waals surface area contributed by atoms with Gasteiger partial charge in [0.15, 0.2) is 0 Å². The summed E-state index contributed by atoms with van der Waals surface area (Å²) in [6, 6.07) is 0. The molecule has 3 heterocycles. The summed E-state index contributed by atoms with van der Waals surface area (Å²) < 4.78 is 0. The van der Waals surface area contributed by atoms with Gasteiger partial charge in [-0.1, -0.05) is 6.92 Å². The topological polar surface area (TPSA) is 69.6 Å². The summed E-state index contributed by atoms with van der Waals surface area (Å²) in [4.78, 5) is 39.0. The molecule has 0 N–H and O–H groups in total. The fourth-order valence-corrected chi connectivity index (χ4v) is 3.74. The first-order chi connectivity index (χ1) is 11.9. The molecule has 2 fully saturated rings. The van der Waals surface area contributed by atoms with Gasteiger partial charge < -0.3 is 14.7 Å². The van der Waals surface area contributed by atoms with E-state index in [4.69, 9.17) is 0 Å². The number of anilines is 1. The fourth-order valence-electron chi connectivity index (χ4n) is 3.74. The second-order valence-electron chi connectivity index (χ2n) is 7.22. The molecule has 3 rings (SSSR count). The predicted molar refractivity (Wildman–Crippen MR) is 95.2 cm³/mol. The Morgan fingerprint density at radius 3 is 2.40 bits per heavy atom. The molecule has 0 aliphatic carbocycles. The minimum Gasteiger partial charge on any atom is -0.347 e. The Morgan fingerprint density at radius 2 is 1.84 bits per heavy atom. The van der Waals surface area contributed by atoms with Crippen molar-refractivity contribution in [2.75, 3.05) is 38.6 Å². The van der Waals surface area contributed by atoms with Gasteiger partial charge in [-0.3, -0.25) is 9.59 Å². The quantitative estimate of drug-likeness (QED) is 0.817. The van der Waals surface area contributed by atoms with Crippen molar-refractivity contribution in [2.24, 2.45) is 0 Å². The van der Waals surface area contributed by atoms with Gasteiger partial charge in [-0.2, -0.15) is 0 Å². The molecule has 0 aromatic carbocycles. The van der Waals surface area contributed by atoms with Crippen molar-refractivity contribution in [3.63, 3.8) is 0 Å². The summed E-state index contributed by atoms with van der Waals surface area (Å²) in [5.74, 6) is 0.843. The minimum absolute atomic E-state index is 0.0180. The minimum atomic E-state index is -0.178. The van der Waals surface area contributed by atoms with Crippen LogP contribution in [0, 0.1) is 0 Å². The lowest BCUT2D eigenvalue weighted by molar-refractivity contribution is -0.140. The Kier molecular flexibility index (Phi) is 4.92. The Bertz CT molecular complexity index is 635. The number of carbonyl (C=O) groups is 2. The average molecular weight is 345 g/mol. The summed E-state index contributed by atoms with van der Waals surface area (Å²) in [5, 5.41) is 0. The summed E-state index contributed by atoms with van der Waals surface area (Å²) in [7, 11) is 3.46. The van der Waals surface area contributed by atoms with E-state index in [-0.39, 0.29) is 23.9 Å². The number of carbonyl (C=O) groups excluding carboxylic acids is 2. The molecule has 0 atom stereocenters. The van der Waals surface area contributed by atoms with E-state index in [2.05, 4.69) is 21.8 Å². The molecule has 2 saturated heterocycles. The summed E-state index contributed by atoms with van der Waals surface area (Å²) in [6.45, 7) is 3.90. The smallest absolute Gasteiger partial charge is 0.241 e. The number of likely N-dealkylation sites (N-methyl/N-ethyl adjacent to an activating group) is 1. The zero-order valence-electron chi connectivity index (χ0n) is 15.4. The average Bonchev–Trinajstić information content (AvgIpc) is 2.92. The van der Waals surface area contributed by atoms with Crippen molar-refractivity contribution in [3.8, 4) is 0 Å². The maximum absolute atomic E-state index is 12.3. The number of aromatic nitrogens is 2. The molecule has 1 aromatic rings. The maximum atomic E-state index is 12.3. The van der Waals surface area contributed by atoms with Crippen molar-refractivity contribution < 1.29 is 9.59 Å². The fraction of sp³-hybridized carbons (Fsp3) is 0.667. The molecule has 2 aliphatic heterocycles. The molecule has 0 radical (unpaired) electrons. The number of piperidine rings is 1. The molecule has 0 bridgehead atoms. The first-order valence-corrected chi connectivity index (χ1v) is 9.02. The van der Waals surface area contributed by atoms with Crippen LogP contribution in [0.5, 0.6) is 0 Å². The molecule has 0 unspecified atom stereocenters. The second-order valence-corrected chi connectivity index (χ2v) is 7.22. The van der Waals surface area contributed by atoms with Crippen molar-refractivity contribution >= 4 is 17.8 Å². The van der Waals surface area contributed by atoms with Crippen LogP contribution in [0.2, 0.25) is 0 Å². The highest BCUT2D eigenvalue weighted by molar-refractivity contribution is 5.86. The third kappa shape index (κ3) is 3.45. The monoisotopic (exact) mass is 345 g/mol. The van der Waals surface area contributed by atoms with Gasteiger partial charge in [-0.05, 0) is 31.2 Å². The molecule has 0 saturated carbocycles. The lowest BCUT2D eigenvalue weighted by Gasteiger charge is -2.44. The normalized spacial score (nSPS) is 19.6. The van der Waals surface area contributed by atoms with Crippen molar-refractivity contribution in [1.29, 1.82) is 0 Å². The number of nitrogens with zero attached hydrogens (tertiary/aromatic N) is 5. The predicted octanol–water partition coefficient (Wildman–Crippen LogP) is 1.09. The number of amides is 2. The Hall–Kier alpha value is -2.18. The first-order valence-electron chi connectivity index (χ1n) is 9.02. The first kappa shape index (κ1) is 17.6. The van der Waals surface area contributed by atoms with Crippen LogP contribution >= 0.6 is 0 Å². The van der Waals surface area contributed by atoms with Crippen molar-refractivity contribution in [1.82, 2.24) is 19.8 Å². The Morgan fingerprint density at radius 1 is 1.20 bits per heavy atom. The van der Waals surface area contributed by atoms with Crippen LogP contribution in [0.3, 0.4) is 0 Å². The molecule has 136 valence electrons. The Balaban J connectivity index is 1.68. The van der Waals surface area contributed by atoms with Gasteiger partial charge >= 0.3 is 0 Å². The van der Waals surface area contributed by atoms with Gasteiger partial charge in [0.1, 0.15) is 6.54 Å².